The Kier molecular flexibility index (Phi) is 5.25. The van der Waals surface area contributed by atoms with Crippen LogP contribution in [-0.2, 0) is 11.3 Å². The van der Waals surface area contributed by atoms with Crippen LogP contribution in [0.1, 0.15) is 11.1 Å². The number of hydrogen-bond donors (Lipinski definition) is 1. The fourth-order valence-electron chi connectivity index (χ4n) is 3.71. The Morgan fingerprint density at radius 2 is 1.85 bits per heavy atom. The summed E-state index contributed by atoms with van der Waals surface area (Å²) in [5.41, 5.74) is 3.17. The molecule has 0 aliphatic rings. The quantitative estimate of drug-likeness (QED) is 0.431. The molecule has 0 atom stereocenters. The van der Waals surface area contributed by atoms with E-state index < -0.39 is 11.5 Å². The summed E-state index contributed by atoms with van der Waals surface area (Å²) in [7, 11) is 0. The number of hydrogen-bond acceptors (Lipinski definition) is 6. The average Bonchev–Trinajstić information content (AvgIpc) is 3.42. The Labute approximate surface area is 192 Å². The van der Waals surface area contributed by atoms with Gasteiger partial charge in [-0.3, -0.25) is 4.79 Å². The summed E-state index contributed by atoms with van der Waals surface area (Å²) in [5.74, 6) is -0.487. The third-order valence-corrected chi connectivity index (χ3v) is 5.39. The Bertz CT molecular complexity index is 1580. The highest BCUT2D eigenvalue weighted by Gasteiger charge is 2.19. The Hall–Kier alpha value is -4.60. The number of aryl methyl sites for hydroxylation is 2. The number of carbonyl (C=O) groups excluding carboxylic acids is 1. The molecule has 9 nitrogen and oxygen atoms in total. The summed E-state index contributed by atoms with van der Waals surface area (Å²) in [6.07, 6.45) is 1.54. The number of rotatable bonds is 5. The molecule has 2 aromatic carbocycles. The van der Waals surface area contributed by atoms with Crippen LogP contribution in [0.3, 0.4) is 0 Å². The van der Waals surface area contributed by atoms with E-state index in [0.717, 1.165) is 15.8 Å². The highest BCUT2D eigenvalue weighted by molar-refractivity contribution is 5.92. The van der Waals surface area contributed by atoms with E-state index in [0.29, 0.717) is 16.8 Å². The molecule has 0 radical (unpaired) electrons. The van der Waals surface area contributed by atoms with Gasteiger partial charge in [0.05, 0.1) is 5.56 Å². The monoisotopic (exact) mass is 458 g/mol. The van der Waals surface area contributed by atoms with Crippen LogP contribution in [0.4, 0.5) is 10.1 Å². The molecule has 0 aliphatic heterocycles. The molecule has 170 valence electrons. The van der Waals surface area contributed by atoms with Gasteiger partial charge in [-0.15, -0.1) is 5.10 Å². The summed E-state index contributed by atoms with van der Waals surface area (Å²) in [4.78, 5) is 29.9. The van der Waals surface area contributed by atoms with Crippen LogP contribution in [0.15, 0.2) is 70.1 Å². The van der Waals surface area contributed by atoms with E-state index in [4.69, 9.17) is 4.52 Å². The Morgan fingerprint density at radius 3 is 2.62 bits per heavy atom. The number of amides is 1. The Morgan fingerprint density at radius 1 is 1.09 bits per heavy atom. The molecule has 0 bridgehead atoms. The first kappa shape index (κ1) is 21.3. The van der Waals surface area contributed by atoms with Crippen molar-refractivity contribution >= 4 is 17.2 Å². The minimum absolute atomic E-state index is 0.113. The third-order valence-electron chi connectivity index (χ3n) is 5.39. The van der Waals surface area contributed by atoms with Crippen molar-refractivity contribution in [1.82, 2.24) is 24.3 Å². The number of fused-ring (bicyclic) bond motifs is 1. The number of anilines is 1. The van der Waals surface area contributed by atoms with E-state index >= 15 is 0 Å². The van der Waals surface area contributed by atoms with Gasteiger partial charge in [-0.1, -0.05) is 35.5 Å². The van der Waals surface area contributed by atoms with E-state index in [-0.39, 0.29) is 29.8 Å². The largest absolute Gasteiger partial charge is 0.350 e. The molecule has 10 heteroatoms. The van der Waals surface area contributed by atoms with Gasteiger partial charge in [-0.2, -0.15) is 4.98 Å². The molecule has 0 spiro atoms. The number of nitrogens with zero attached hydrogens (tertiary/aromatic N) is 5. The molecule has 0 unspecified atom stereocenters. The smallest absolute Gasteiger partial charge is 0.333 e. The van der Waals surface area contributed by atoms with Crippen LogP contribution < -0.4 is 11.0 Å². The summed E-state index contributed by atoms with van der Waals surface area (Å²) in [6.45, 7) is 3.52. The lowest BCUT2D eigenvalue weighted by Crippen LogP contribution is -2.28. The van der Waals surface area contributed by atoms with Gasteiger partial charge in [0.25, 0.3) is 5.89 Å². The maximum absolute atomic E-state index is 13.6. The molecule has 3 aromatic heterocycles. The van der Waals surface area contributed by atoms with Crippen molar-refractivity contribution in [2.24, 2.45) is 0 Å². The van der Waals surface area contributed by atoms with Gasteiger partial charge in [0.15, 0.2) is 5.65 Å². The van der Waals surface area contributed by atoms with Crippen molar-refractivity contribution in [2.75, 3.05) is 5.32 Å². The first-order valence-electron chi connectivity index (χ1n) is 10.4. The fraction of sp³-hybridized carbons (Fsp3) is 0.125. The van der Waals surface area contributed by atoms with Crippen molar-refractivity contribution in [3.63, 3.8) is 0 Å². The average molecular weight is 458 g/mol. The second-order valence-corrected chi connectivity index (χ2v) is 7.80. The normalized spacial score (nSPS) is 11.1. The summed E-state index contributed by atoms with van der Waals surface area (Å²) >= 11 is 0. The number of pyridine rings is 1. The number of nitrogens with one attached hydrogen (secondary N) is 1. The molecule has 5 aromatic rings. The van der Waals surface area contributed by atoms with Crippen LogP contribution in [0.5, 0.6) is 0 Å². The van der Waals surface area contributed by atoms with Gasteiger partial charge >= 0.3 is 5.69 Å². The summed E-state index contributed by atoms with van der Waals surface area (Å²) in [6, 6.07) is 14.8. The van der Waals surface area contributed by atoms with Gasteiger partial charge in [0.1, 0.15) is 12.4 Å². The molecular formula is C24H19FN6O3. The van der Waals surface area contributed by atoms with E-state index in [9.17, 15) is 14.0 Å². The number of aromatic nitrogens is 5. The number of benzene rings is 2. The molecule has 0 aliphatic carbocycles. The lowest BCUT2D eigenvalue weighted by molar-refractivity contribution is -0.117. The molecule has 1 amide bonds. The van der Waals surface area contributed by atoms with Crippen LogP contribution >= 0.6 is 0 Å². The van der Waals surface area contributed by atoms with Crippen molar-refractivity contribution in [3.8, 4) is 22.8 Å². The van der Waals surface area contributed by atoms with Gasteiger partial charge in [-0.25, -0.2) is 18.3 Å². The van der Waals surface area contributed by atoms with Crippen molar-refractivity contribution < 1.29 is 13.7 Å². The van der Waals surface area contributed by atoms with Crippen molar-refractivity contribution in [1.29, 1.82) is 0 Å². The van der Waals surface area contributed by atoms with Gasteiger partial charge in [0.2, 0.25) is 11.7 Å². The van der Waals surface area contributed by atoms with Crippen LogP contribution in [0, 0.1) is 19.7 Å². The van der Waals surface area contributed by atoms with E-state index in [1.54, 1.807) is 24.3 Å². The molecule has 3 heterocycles. The lowest BCUT2D eigenvalue weighted by atomic mass is 10.1. The summed E-state index contributed by atoms with van der Waals surface area (Å²) < 4.78 is 21.3. The molecule has 1 N–H and O–H groups in total. The first-order chi connectivity index (χ1) is 16.4. The number of halogens is 1. The van der Waals surface area contributed by atoms with Crippen molar-refractivity contribution in [3.05, 3.63) is 88.2 Å². The predicted octanol–water partition coefficient (Wildman–Crippen LogP) is 3.61. The molecule has 5 rings (SSSR count). The molecule has 0 fully saturated rings. The molecule has 0 saturated heterocycles. The minimum Gasteiger partial charge on any atom is -0.333 e. The van der Waals surface area contributed by atoms with Crippen LogP contribution in [-0.4, -0.2) is 30.2 Å². The highest BCUT2D eigenvalue weighted by atomic mass is 19.1. The highest BCUT2D eigenvalue weighted by Crippen LogP contribution is 2.25. The summed E-state index contributed by atoms with van der Waals surface area (Å²) in [5, 5.41) is 11.1. The maximum atomic E-state index is 13.6. The molecule has 0 saturated carbocycles. The SMILES string of the molecule is Cc1cccc(C)c1NC(=O)Cn1nc2c(-c3nc(-c4cccc(F)c4)no3)cccn2c1=O. The second kappa shape index (κ2) is 8.39. The zero-order chi connectivity index (χ0) is 23.8. The van der Waals surface area contributed by atoms with Gasteiger partial charge in [-0.05, 0) is 49.2 Å². The first-order valence-corrected chi connectivity index (χ1v) is 10.4. The number of carbonyl (C=O) groups is 1. The third kappa shape index (κ3) is 3.85. The molecule has 34 heavy (non-hydrogen) atoms. The topological polar surface area (TPSA) is 107 Å². The van der Waals surface area contributed by atoms with E-state index in [2.05, 4.69) is 20.6 Å². The maximum Gasteiger partial charge on any atom is 0.350 e. The minimum atomic E-state index is -0.488. The van der Waals surface area contributed by atoms with Gasteiger partial charge in [0, 0.05) is 17.4 Å². The van der Waals surface area contributed by atoms with Gasteiger partial charge < -0.3 is 9.84 Å². The zero-order valence-corrected chi connectivity index (χ0v) is 18.3. The molecular weight excluding hydrogens is 439 g/mol. The van der Waals surface area contributed by atoms with Crippen molar-refractivity contribution in [2.45, 2.75) is 20.4 Å². The Balaban J connectivity index is 1.47. The lowest BCUT2D eigenvalue weighted by Gasteiger charge is -2.10. The van der Waals surface area contributed by atoms with Crippen LogP contribution in [0.2, 0.25) is 0 Å². The van der Waals surface area contributed by atoms with Crippen LogP contribution in [0.25, 0.3) is 28.5 Å². The standard InChI is InChI=1S/C24H19FN6O3/c1-14-6-3-7-15(2)20(14)26-19(32)13-31-24(33)30-11-5-10-18(22(30)28-31)23-27-21(29-34-23)16-8-4-9-17(25)12-16/h3-12H,13H2,1-2H3,(H,26,32). The zero-order valence-electron chi connectivity index (χ0n) is 18.3. The fourth-order valence-corrected chi connectivity index (χ4v) is 3.71. The number of para-hydroxylation sites is 1. The predicted molar refractivity (Wildman–Crippen MR) is 123 cm³/mol. The van der Waals surface area contributed by atoms with E-state index in [1.165, 1.54) is 22.7 Å². The van der Waals surface area contributed by atoms with E-state index in [1.807, 2.05) is 32.0 Å². The second-order valence-electron chi connectivity index (χ2n) is 7.80.